The van der Waals surface area contributed by atoms with E-state index in [1.807, 2.05) is 6.92 Å². The summed E-state index contributed by atoms with van der Waals surface area (Å²) in [5.74, 6) is 0.559. The van der Waals surface area contributed by atoms with Crippen LogP contribution in [0.5, 0.6) is 0 Å². The van der Waals surface area contributed by atoms with Gasteiger partial charge in [0.2, 0.25) is 0 Å². The predicted octanol–water partition coefficient (Wildman–Crippen LogP) is 4.03. The largest absolute Gasteiger partial charge is 0.416 e. The molecular formula is C16H20F3NO2. The molecule has 122 valence electrons. The first-order chi connectivity index (χ1) is 10.4. The van der Waals surface area contributed by atoms with Crippen LogP contribution in [-0.2, 0) is 15.7 Å². The monoisotopic (exact) mass is 315 g/mol. The Labute approximate surface area is 128 Å². The van der Waals surface area contributed by atoms with Crippen LogP contribution in [0.3, 0.4) is 0 Å². The van der Waals surface area contributed by atoms with Gasteiger partial charge >= 0.3 is 6.18 Å². The number of halogens is 3. The Morgan fingerprint density at radius 3 is 2.18 bits per heavy atom. The van der Waals surface area contributed by atoms with E-state index in [0.717, 1.165) is 50.2 Å². The highest BCUT2D eigenvalue weighted by molar-refractivity contribution is 5.48. The van der Waals surface area contributed by atoms with E-state index in [-0.39, 0.29) is 12.6 Å². The maximum absolute atomic E-state index is 12.6. The van der Waals surface area contributed by atoms with Gasteiger partial charge in [0.25, 0.3) is 0 Å². The van der Waals surface area contributed by atoms with E-state index in [1.165, 1.54) is 0 Å². The summed E-state index contributed by atoms with van der Waals surface area (Å²) >= 11 is 0. The highest BCUT2D eigenvalue weighted by Crippen LogP contribution is 2.33. The summed E-state index contributed by atoms with van der Waals surface area (Å²) in [5, 5.41) is 0. The third-order valence-electron chi connectivity index (χ3n) is 4.39. The normalized spacial score (nSPS) is 26.8. The number of nitrogens with zero attached hydrogens (tertiary/aromatic N) is 1. The molecule has 0 saturated carbocycles. The van der Waals surface area contributed by atoms with E-state index >= 15 is 0 Å². The van der Waals surface area contributed by atoms with Crippen LogP contribution in [-0.4, -0.2) is 25.7 Å². The molecule has 2 fully saturated rings. The lowest BCUT2D eigenvalue weighted by Gasteiger charge is -2.39. The molecule has 22 heavy (non-hydrogen) atoms. The number of hydrogen-bond donors (Lipinski definition) is 0. The maximum Gasteiger partial charge on any atom is 0.416 e. The van der Waals surface area contributed by atoms with Gasteiger partial charge in [0.05, 0.1) is 5.56 Å². The van der Waals surface area contributed by atoms with Crippen molar-refractivity contribution in [2.24, 2.45) is 5.92 Å². The van der Waals surface area contributed by atoms with Gasteiger partial charge in [-0.2, -0.15) is 13.2 Å². The average Bonchev–Trinajstić information content (AvgIpc) is 2.46. The highest BCUT2D eigenvalue weighted by Gasteiger charge is 2.32. The molecule has 6 heteroatoms. The third kappa shape index (κ3) is 3.55. The predicted molar refractivity (Wildman–Crippen MR) is 76.4 cm³/mol. The Bertz CT molecular complexity index is 489. The average molecular weight is 315 g/mol. The summed E-state index contributed by atoms with van der Waals surface area (Å²) in [6.07, 6.45) is -1.50. The van der Waals surface area contributed by atoms with Crippen molar-refractivity contribution in [3.63, 3.8) is 0 Å². The van der Waals surface area contributed by atoms with Crippen molar-refractivity contribution in [3.05, 3.63) is 29.8 Å². The summed E-state index contributed by atoms with van der Waals surface area (Å²) in [6.45, 7) is 3.60. The van der Waals surface area contributed by atoms with Gasteiger partial charge in [-0.3, -0.25) is 0 Å². The molecule has 0 bridgehead atoms. The van der Waals surface area contributed by atoms with E-state index < -0.39 is 11.7 Å². The molecule has 0 radical (unpaired) electrons. The third-order valence-corrected chi connectivity index (χ3v) is 4.39. The molecule has 0 spiro atoms. The zero-order valence-corrected chi connectivity index (χ0v) is 12.5. The van der Waals surface area contributed by atoms with Gasteiger partial charge in [-0.15, -0.1) is 0 Å². The lowest BCUT2D eigenvalue weighted by Crippen LogP contribution is -2.42. The lowest BCUT2D eigenvalue weighted by atomic mass is 9.92. The molecule has 0 atom stereocenters. The van der Waals surface area contributed by atoms with Gasteiger partial charge in [0.1, 0.15) is 0 Å². The van der Waals surface area contributed by atoms with E-state index in [0.29, 0.717) is 5.92 Å². The Hall–Kier alpha value is -1.27. The molecule has 3 nitrogen and oxygen atoms in total. The minimum absolute atomic E-state index is 0.0716. The van der Waals surface area contributed by atoms with Crippen LogP contribution < -0.4 is 4.90 Å². The topological polar surface area (TPSA) is 21.7 Å². The molecule has 0 aliphatic carbocycles. The second-order valence-corrected chi connectivity index (χ2v) is 5.98. The Morgan fingerprint density at radius 2 is 1.68 bits per heavy atom. The number of alkyl halides is 3. The molecule has 1 aromatic rings. The second kappa shape index (κ2) is 6.08. The van der Waals surface area contributed by atoms with Crippen LogP contribution in [0.4, 0.5) is 18.9 Å². The van der Waals surface area contributed by atoms with Gasteiger partial charge in [-0.25, -0.2) is 0 Å². The molecule has 3 rings (SSSR count). The number of anilines is 1. The van der Waals surface area contributed by atoms with Gasteiger partial charge in [-0.05, 0) is 49.9 Å². The smallest absolute Gasteiger partial charge is 0.372 e. The minimum Gasteiger partial charge on any atom is -0.372 e. The van der Waals surface area contributed by atoms with E-state index in [4.69, 9.17) is 9.47 Å². The number of ether oxygens (including phenoxy) is 2. The van der Waals surface area contributed by atoms with Crippen molar-refractivity contribution < 1.29 is 22.6 Å². The van der Waals surface area contributed by atoms with Crippen molar-refractivity contribution in [1.29, 1.82) is 0 Å². The van der Waals surface area contributed by atoms with E-state index in [1.54, 1.807) is 12.1 Å². The van der Waals surface area contributed by atoms with Gasteiger partial charge in [0.15, 0.2) is 12.6 Å². The summed E-state index contributed by atoms with van der Waals surface area (Å²) in [6, 6.07) is 5.42. The molecule has 1 aromatic carbocycles. The van der Waals surface area contributed by atoms with Crippen molar-refractivity contribution in [2.45, 2.75) is 44.9 Å². The first-order valence-corrected chi connectivity index (χ1v) is 7.65. The van der Waals surface area contributed by atoms with Crippen molar-refractivity contribution in [1.82, 2.24) is 0 Å². The van der Waals surface area contributed by atoms with Gasteiger partial charge in [0, 0.05) is 25.2 Å². The second-order valence-electron chi connectivity index (χ2n) is 5.98. The van der Waals surface area contributed by atoms with Crippen molar-refractivity contribution in [3.8, 4) is 0 Å². The van der Waals surface area contributed by atoms with Crippen LogP contribution >= 0.6 is 0 Å². The van der Waals surface area contributed by atoms with Crippen molar-refractivity contribution >= 4 is 5.69 Å². The fraction of sp³-hybridized carbons (Fsp3) is 0.625. The SMILES string of the molecule is CC1OC(CC2CCN(c3ccc(C(F)(F)F)cc3)CC2)O1. The molecule has 2 saturated heterocycles. The van der Waals surface area contributed by atoms with Crippen LogP contribution in [0.1, 0.15) is 31.7 Å². The molecule has 0 aromatic heterocycles. The maximum atomic E-state index is 12.6. The fourth-order valence-corrected chi connectivity index (χ4v) is 3.11. The van der Waals surface area contributed by atoms with E-state index in [2.05, 4.69) is 4.90 Å². The van der Waals surface area contributed by atoms with Gasteiger partial charge < -0.3 is 14.4 Å². The zero-order chi connectivity index (χ0) is 15.7. The van der Waals surface area contributed by atoms with Crippen LogP contribution in [0.15, 0.2) is 24.3 Å². The molecule has 0 amide bonds. The number of benzene rings is 1. The number of rotatable bonds is 3. The Morgan fingerprint density at radius 1 is 1.09 bits per heavy atom. The van der Waals surface area contributed by atoms with Crippen LogP contribution in [0, 0.1) is 5.92 Å². The van der Waals surface area contributed by atoms with Crippen molar-refractivity contribution in [2.75, 3.05) is 18.0 Å². The van der Waals surface area contributed by atoms with Crippen LogP contribution in [0.2, 0.25) is 0 Å². The Balaban J connectivity index is 1.50. The van der Waals surface area contributed by atoms with Crippen LogP contribution in [0.25, 0.3) is 0 Å². The quantitative estimate of drug-likeness (QED) is 0.840. The molecule has 0 unspecified atom stereocenters. The number of hydrogen-bond acceptors (Lipinski definition) is 3. The first-order valence-electron chi connectivity index (χ1n) is 7.65. The lowest BCUT2D eigenvalue weighted by molar-refractivity contribution is -0.380. The molecular weight excluding hydrogens is 295 g/mol. The minimum atomic E-state index is -4.27. The molecule has 2 heterocycles. The zero-order valence-electron chi connectivity index (χ0n) is 12.5. The standard InChI is InChI=1S/C16H20F3NO2/c1-11-21-15(22-11)10-12-6-8-20(9-7-12)14-4-2-13(3-5-14)16(17,18)19/h2-5,11-12,15H,6-10H2,1H3. The molecule has 2 aliphatic rings. The Kier molecular flexibility index (Phi) is 4.32. The summed E-state index contributed by atoms with van der Waals surface area (Å²) in [5.41, 5.74) is 0.260. The summed E-state index contributed by atoms with van der Waals surface area (Å²) < 4.78 is 48.6. The highest BCUT2D eigenvalue weighted by atomic mass is 19.4. The molecule has 0 N–H and O–H groups in total. The first kappa shape index (κ1) is 15.6. The van der Waals surface area contributed by atoms with E-state index in [9.17, 15) is 13.2 Å². The fourth-order valence-electron chi connectivity index (χ4n) is 3.11. The number of piperidine rings is 1. The van der Waals surface area contributed by atoms with Gasteiger partial charge in [-0.1, -0.05) is 0 Å². The molecule has 2 aliphatic heterocycles. The summed E-state index contributed by atoms with van der Waals surface area (Å²) in [4.78, 5) is 2.14. The summed E-state index contributed by atoms with van der Waals surface area (Å²) in [7, 11) is 0.